The van der Waals surface area contributed by atoms with Gasteiger partial charge in [-0.25, -0.2) is 0 Å². The maximum atomic E-state index is 13.6. The lowest BCUT2D eigenvalue weighted by atomic mass is 9.92. The third-order valence-electron chi connectivity index (χ3n) is 6.52. The Labute approximate surface area is 193 Å². The first-order chi connectivity index (χ1) is 15.6. The monoisotopic (exact) mass is 456 g/mol. The van der Waals surface area contributed by atoms with Gasteiger partial charge in [-0.2, -0.15) is 0 Å². The Kier molecular flexibility index (Phi) is 6.07. The SMILES string of the molecule is COc1ccc(C(=O)N2CC[C@@H]3NC(=O)[C@H]4C[C@H](NC(=O)CC(C)(C)C)CN4C(=O)[C@H]32)cc1. The van der Waals surface area contributed by atoms with Crippen molar-refractivity contribution in [1.29, 1.82) is 0 Å². The van der Waals surface area contributed by atoms with Crippen LogP contribution in [0.15, 0.2) is 24.3 Å². The van der Waals surface area contributed by atoms with Crippen molar-refractivity contribution in [2.24, 2.45) is 5.41 Å². The number of amides is 4. The van der Waals surface area contributed by atoms with Gasteiger partial charge in [0.25, 0.3) is 5.91 Å². The second kappa shape index (κ2) is 8.68. The summed E-state index contributed by atoms with van der Waals surface area (Å²) < 4.78 is 5.15. The molecule has 3 heterocycles. The Balaban J connectivity index is 1.50. The number of hydrogen-bond donors (Lipinski definition) is 2. The predicted molar refractivity (Wildman–Crippen MR) is 120 cm³/mol. The number of nitrogens with one attached hydrogen (secondary N) is 2. The number of carbonyl (C=O) groups is 4. The fourth-order valence-electron chi connectivity index (χ4n) is 5.02. The van der Waals surface area contributed by atoms with E-state index in [0.717, 1.165) is 0 Å². The smallest absolute Gasteiger partial charge is 0.254 e. The highest BCUT2D eigenvalue weighted by molar-refractivity contribution is 6.01. The molecule has 0 aromatic heterocycles. The summed E-state index contributed by atoms with van der Waals surface area (Å²) in [4.78, 5) is 55.2. The Hall–Kier alpha value is -3.10. The van der Waals surface area contributed by atoms with E-state index < -0.39 is 18.1 Å². The fourth-order valence-corrected chi connectivity index (χ4v) is 5.02. The summed E-state index contributed by atoms with van der Waals surface area (Å²) in [5.41, 5.74) is 0.310. The number of carbonyl (C=O) groups excluding carboxylic acids is 4. The molecule has 4 amide bonds. The van der Waals surface area contributed by atoms with E-state index in [2.05, 4.69) is 10.6 Å². The molecule has 0 bridgehead atoms. The van der Waals surface area contributed by atoms with Gasteiger partial charge in [-0.3, -0.25) is 19.2 Å². The standard InChI is InChI=1S/C24H32N4O5/c1-24(2,3)12-19(29)25-15-11-18-21(30)26-17-9-10-27(20(17)23(32)28(18)13-15)22(31)14-5-7-16(33-4)8-6-14/h5-8,15,17-18,20H,9-13H2,1-4H3,(H,25,29)(H,26,30)/t15-,17-,18+,20-/m0/s1. The van der Waals surface area contributed by atoms with E-state index in [-0.39, 0.29) is 41.6 Å². The number of ether oxygens (including phenoxy) is 1. The molecule has 1 aromatic rings. The van der Waals surface area contributed by atoms with E-state index in [1.807, 2.05) is 20.8 Å². The second-order valence-electron chi connectivity index (χ2n) is 10.3. The van der Waals surface area contributed by atoms with Crippen LogP contribution in [0.2, 0.25) is 0 Å². The molecule has 0 spiro atoms. The lowest BCUT2D eigenvalue weighted by Crippen LogP contribution is -2.52. The first kappa shape index (κ1) is 23.1. The molecule has 0 unspecified atom stereocenters. The number of likely N-dealkylation sites (tertiary alicyclic amines) is 1. The molecule has 3 fully saturated rings. The molecule has 3 saturated heterocycles. The van der Waals surface area contributed by atoms with Gasteiger partial charge in [0.15, 0.2) is 0 Å². The average molecular weight is 457 g/mol. The van der Waals surface area contributed by atoms with E-state index >= 15 is 0 Å². The van der Waals surface area contributed by atoms with Crippen LogP contribution in [0.5, 0.6) is 5.75 Å². The lowest BCUT2D eigenvalue weighted by molar-refractivity contribution is -0.138. The van der Waals surface area contributed by atoms with Crippen molar-refractivity contribution in [3.8, 4) is 5.75 Å². The van der Waals surface area contributed by atoms with Crippen LogP contribution in [0.4, 0.5) is 0 Å². The Morgan fingerprint density at radius 2 is 1.88 bits per heavy atom. The van der Waals surface area contributed by atoms with E-state index in [1.165, 1.54) is 0 Å². The van der Waals surface area contributed by atoms with Gasteiger partial charge >= 0.3 is 0 Å². The van der Waals surface area contributed by atoms with E-state index in [4.69, 9.17) is 4.74 Å². The normalized spacial score (nSPS) is 26.9. The molecule has 2 N–H and O–H groups in total. The predicted octanol–water partition coefficient (Wildman–Crippen LogP) is 0.930. The molecule has 0 radical (unpaired) electrons. The molecule has 3 aliphatic heterocycles. The summed E-state index contributed by atoms with van der Waals surface area (Å²) in [6.07, 6.45) is 1.26. The number of methoxy groups -OCH3 is 1. The fraction of sp³-hybridized carbons (Fsp3) is 0.583. The van der Waals surface area contributed by atoms with Gasteiger partial charge in [0.05, 0.1) is 13.2 Å². The molecule has 9 heteroatoms. The summed E-state index contributed by atoms with van der Waals surface area (Å²) in [6.45, 7) is 6.61. The first-order valence-corrected chi connectivity index (χ1v) is 11.4. The van der Waals surface area contributed by atoms with E-state index in [1.54, 1.807) is 41.2 Å². The maximum absolute atomic E-state index is 13.6. The highest BCUT2D eigenvalue weighted by Crippen LogP contribution is 2.30. The van der Waals surface area contributed by atoms with Gasteiger partial charge < -0.3 is 25.2 Å². The first-order valence-electron chi connectivity index (χ1n) is 11.4. The van der Waals surface area contributed by atoms with Crippen molar-refractivity contribution >= 4 is 23.6 Å². The van der Waals surface area contributed by atoms with Crippen LogP contribution in [-0.4, -0.2) is 77.8 Å². The highest BCUT2D eigenvalue weighted by atomic mass is 16.5. The topological polar surface area (TPSA) is 108 Å². The molecule has 0 saturated carbocycles. The largest absolute Gasteiger partial charge is 0.497 e. The Morgan fingerprint density at radius 1 is 1.18 bits per heavy atom. The summed E-state index contributed by atoms with van der Waals surface area (Å²) in [5, 5.41) is 5.96. The molecule has 3 aliphatic rings. The zero-order chi connectivity index (χ0) is 23.9. The van der Waals surface area contributed by atoms with Gasteiger partial charge in [-0.05, 0) is 42.5 Å². The van der Waals surface area contributed by atoms with Gasteiger partial charge in [0, 0.05) is 31.1 Å². The van der Waals surface area contributed by atoms with Gasteiger partial charge in [-0.1, -0.05) is 20.8 Å². The highest BCUT2D eigenvalue weighted by Gasteiger charge is 2.52. The quantitative estimate of drug-likeness (QED) is 0.701. The van der Waals surface area contributed by atoms with Crippen molar-refractivity contribution in [1.82, 2.24) is 20.4 Å². The molecule has 178 valence electrons. The minimum Gasteiger partial charge on any atom is -0.497 e. The van der Waals surface area contributed by atoms with Crippen LogP contribution >= 0.6 is 0 Å². The Morgan fingerprint density at radius 3 is 2.52 bits per heavy atom. The number of hydrogen-bond acceptors (Lipinski definition) is 5. The number of benzene rings is 1. The van der Waals surface area contributed by atoms with Crippen molar-refractivity contribution in [2.45, 2.75) is 64.2 Å². The molecule has 0 aliphatic carbocycles. The van der Waals surface area contributed by atoms with E-state index in [0.29, 0.717) is 37.1 Å². The molecular weight excluding hydrogens is 424 g/mol. The van der Waals surface area contributed by atoms with Gasteiger partial charge in [-0.15, -0.1) is 0 Å². The number of fused-ring (bicyclic) bond motifs is 2. The minimum atomic E-state index is -0.752. The minimum absolute atomic E-state index is 0.0898. The third kappa shape index (κ3) is 4.67. The zero-order valence-electron chi connectivity index (χ0n) is 19.6. The van der Waals surface area contributed by atoms with Crippen molar-refractivity contribution in [2.75, 3.05) is 20.2 Å². The summed E-state index contributed by atoms with van der Waals surface area (Å²) >= 11 is 0. The third-order valence-corrected chi connectivity index (χ3v) is 6.52. The van der Waals surface area contributed by atoms with Crippen molar-refractivity contribution in [3.63, 3.8) is 0 Å². The van der Waals surface area contributed by atoms with Gasteiger partial charge in [0.1, 0.15) is 17.8 Å². The molecule has 1 aromatic carbocycles. The molecule has 9 nitrogen and oxygen atoms in total. The molecule has 33 heavy (non-hydrogen) atoms. The summed E-state index contributed by atoms with van der Waals surface area (Å²) in [6, 6.07) is 4.67. The average Bonchev–Trinajstić information content (AvgIpc) is 3.33. The van der Waals surface area contributed by atoms with Crippen LogP contribution in [-0.2, 0) is 14.4 Å². The maximum Gasteiger partial charge on any atom is 0.254 e. The number of nitrogens with zero attached hydrogens (tertiary/aromatic N) is 2. The van der Waals surface area contributed by atoms with Crippen LogP contribution in [0.1, 0.15) is 50.4 Å². The molecule has 4 atom stereocenters. The Bertz CT molecular complexity index is 955. The van der Waals surface area contributed by atoms with Crippen LogP contribution in [0, 0.1) is 5.41 Å². The molecular formula is C24H32N4O5. The van der Waals surface area contributed by atoms with Crippen LogP contribution in [0.25, 0.3) is 0 Å². The van der Waals surface area contributed by atoms with Crippen molar-refractivity contribution in [3.05, 3.63) is 29.8 Å². The summed E-state index contributed by atoms with van der Waals surface area (Å²) in [5.74, 6) is -0.158. The van der Waals surface area contributed by atoms with Gasteiger partial charge in [0.2, 0.25) is 17.7 Å². The van der Waals surface area contributed by atoms with E-state index in [9.17, 15) is 19.2 Å². The second-order valence-corrected chi connectivity index (χ2v) is 10.3. The lowest BCUT2D eigenvalue weighted by Gasteiger charge is -2.29. The van der Waals surface area contributed by atoms with Crippen LogP contribution in [0.3, 0.4) is 0 Å². The molecule has 4 rings (SSSR count). The van der Waals surface area contributed by atoms with Crippen LogP contribution < -0.4 is 15.4 Å². The summed E-state index contributed by atoms with van der Waals surface area (Å²) in [7, 11) is 1.56. The number of rotatable bonds is 4. The zero-order valence-corrected chi connectivity index (χ0v) is 19.6. The van der Waals surface area contributed by atoms with Crippen molar-refractivity contribution < 1.29 is 23.9 Å².